The summed E-state index contributed by atoms with van der Waals surface area (Å²) in [6, 6.07) is 5.85. The molecule has 0 unspecified atom stereocenters. The number of fused-ring (bicyclic) bond motifs is 1. The lowest BCUT2D eigenvalue weighted by atomic mass is 9.91. The minimum atomic E-state index is 0.279. The molecule has 0 aromatic carbocycles. The first-order chi connectivity index (χ1) is 12.8. The van der Waals surface area contributed by atoms with Crippen LogP contribution in [0.25, 0.3) is 0 Å². The number of hydrogen-bond acceptors (Lipinski definition) is 7. The molecule has 2 aromatic rings. The van der Waals surface area contributed by atoms with E-state index in [2.05, 4.69) is 19.9 Å². The Labute approximate surface area is 153 Å². The molecular formula is C19H24N4O3. The predicted octanol–water partition coefficient (Wildman–Crippen LogP) is 1.94. The molecule has 0 radical (unpaired) electrons. The molecule has 2 saturated heterocycles. The highest BCUT2D eigenvalue weighted by Gasteiger charge is 2.43. The lowest BCUT2D eigenvalue weighted by Crippen LogP contribution is -2.25. The first-order valence-electron chi connectivity index (χ1n) is 9.02. The molecule has 0 amide bonds. The second-order valence-electron chi connectivity index (χ2n) is 6.82. The lowest BCUT2D eigenvalue weighted by Gasteiger charge is -2.20. The maximum atomic E-state index is 6.03. The van der Waals surface area contributed by atoms with Crippen molar-refractivity contribution in [1.82, 2.24) is 15.0 Å². The molecular weight excluding hydrogens is 332 g/mol. The largest absolute Gasteiger partial charge is 0.481 e. The van der Waals surface area contributed by atoms with Crippen LogP contribution in [0, 0.1) is 11.8 Å². The Bertz CT molecular complexity index is 715. The van der Waals surface area contributed by atoms with E-state index in [1.807, 2.05) is 18.2 Å². The van der Waals surface area contributed by atoms with Gasteiger partial charge < -0.3 is 19.1 Å². The van der Waals surface area contributed by atoms with Gasteiger partial charge >= 0.3 is 0 Å². The van der Waals surface area contributed by atoms with Gasteiger partial charge in [0.15, 0.2) is 0 Å². The molecule has 2 aromatic heterocycles. The Morgan fingerprint density at radius 2 is 2.12 bits per heavy atom. The Morgan fingerprint density at radius 3 is 2.96 bits per heavy atom. The molecule has 2 aliphatic heterocycles. The minimum Gasteiger partial charge on any atom is -0.481 e. The third kappa shape index (κ3) is 3.78. The van der Waals surface area contributed by atoms with E-state index in [0.29, 0.717) is 24.3 Å². The minimum absolute atomic E-state index is 0.279. The molecule has 26 heavy (non-hydrogen) atoms. The Hall–Kier alpha value is -2.25. The van der Waals surface area contributed by atoms with Gasteiger partial charge in [0.25, 0.3) is 0 Å². The highest BCUT2D eigenvalue weighted by Crippen LogP contribution is 2.37. The van der Waals surface area contributed by atoms with Crippen LogP contribution in [0.4, 0.5) is 5.82 Å². The fourth-order valence-corrected chi connectivity index (χ4v) is 3.80. The number of aromatic nitrogens is 3. The smallest absolute Gasteiger partial charge is 0.218 e. The fraction of sp³-hybridized carbons (Fsp3) is 0.526. The number of nitrogens with zero attached hydrogens (tertiary/aromatic N) is 4. The second-order valence-corrected chi connectivity index (χ2v) is 6.82. The average Bonchev–Trinajstić information content (AvgIpc) is 3.27. The van der Waals surface area contributed by atoms with Crippen molar-refractivity contribution in [2.75, 3.05) is 38.3 Å². The summed E-state index contributed by atoms with van der Waals surface area (Å²) in [5.41, 5.74) is 1.16. The van der Waals surface area contributed by atoms with Crippen LogP contribution < -0.4 is 9.64 Å². The van der Waals surface area contributed by atoms with E-state index in [1.54, 1.807) is 25.8 Å². The molecule has 2 fully saturated rings. The molecule has 2 aliphatic rings. The van der Waals surface area contributed by atoms with Gasteiger partial charge in [-0.05, 0) is 30.0 Å². The third-order valence-corrected chi connectivity index (χ3v) is 5.25. The Balaban J connectivity index is 1.28. The summed E-state index contributed by atoms with van der Waals surface area (Å²) in [6.07, 6.45) is 6.44. The number of hydrogen-bond donors (Lipinski definition) is 0. The average molecular weight is 356 g/mol. The van der Waals surface area contributed by atoms with Gasteiger partial charge in [-0.2, -0.15) is 0 Å². The second kappa shape index (κ2) is 7.97. The summed E-state index contributed by atoms with van der Waals surface area (Å²) in [7, 11) is 1.62. The first kappa shape index (κ1) is 17.2. The van der Waals surface area contributed by atoms with Crippen molar-refractivity contribution in [3.8, 4) is 5.88 Å². The summed E-state index contributed by atoms with van der Waals surface area (Å²) in [5, 5.41) is 0. The SMILES string of the molecule is COc1cc(N2C[C@H]3[C@@H](CCOCc4ccncc4)CO[C@H]3C2)ncn1. The highest BCUT2D eigenvalue weighted by molar-refractivity contribution is 5.42. The van der Waals surface area contributed by atoms with Crippen molar-refractivity contribution < 1.29 is 14.2 Å². The van der Waals surface area contributed by atoms with Gasteiger partial charge in [-0.1, -0.05) is 0 Å². The van der Waals surface area contributed by atoms with Gasteiger partial charge in [-0.15, -0.1) is 0 Å². The van der Waals surface area contributed by atoms with Gasteiger partial charge in [-0.3, -0.25) is 4.98 Å². The number of methoxy groups -OCH3 is 1. The lowest BCUT2D eigenvalue weighted by molar-refractivity contribution is 0.0940. The van der Waals surface area contributed by atoms with Crippen LogP contribution in [0.5, 0.6) is 5.88 Å². The summed E-state index contributed by atoms with van der Waals surface area (Å²) in [5.74, 6) is 2.56. The number of anilines is 1. The van der Waals surface area contributed by atoms with Crippen molar-refractivity contribution in [2.45, 2.75) is 19.1 Å². The molecule has 4 rings (SSSR count). The van der Waals surface area contributed by atoms with Gasteiger partial charge in [-0.25, -0.2) is 9.97 Å². The van der Waals surface area contributed by atoms with E-state index in [-0.39, 0.29) is 6.10 Å². The van der Waals surface area contributed by atoms with Gasteiger partial charge in [0.1, 0.15) is 12.1 Å². The molecule has 0 aliphatic carbocycles. The zero-order valence-electron chi connectivity index (χ0n) is 15.0. The third-order valence-electron chi connectivity index (χ3n) is 5.25. The first-order valence-corrected chi connectivity index (χ1v) is 9.02. The highest BCUT2D eigenvalue weighted by atomic mass is 16.5. The monoisotopic (exact) mass is 356 g/mol. The summed E-state index contributed by atoms with van der Waals surface area (Å²) < 4.78 is 17.1. The van der Waals surface area contributed by atoms with Crippen molar-refractivity contribution in [2.24, 2.45) is 11.8 Å². The van der Waals surface area contributed by atoms with Gasteiger partial charge in [0.2, 0.25) is 5.88 Å². The van der Waals surface area contributed by atoms with Crippen LogP contribution in [0.1, 0.15) is 12.0 Å². The number of ether oxygens (including phenoxy) is 3. The number of pyridine rings is 1. The van der Waals surface area contributed by atoms with E-state index >= 15 is 0 Å². The zero-order valence-corrected chi connectivity index (χ0v) is 15.0. The summed E-state index contributed by atoms with van der Waals surface area (Å²) in [6.45, 7) is 4.05. The standard InChI is InChI=1S/C19H24N4O3/c1-24-19-8-18(21-13-22-19)23-9-16-15(12-26-17(16)10-23)4-7-25-11-14-2-5-20-6-3-14/h2-3,5-6,8,13,15-17H,4,7,9-12H2,1H3/t15-,16-,17-/m0/s1. The molecule has 4 heterocycles. The fourth-order valence-electron chi connectivity index (χ4n) is 3.80. The molecule has 7 nitrogen and oxygen atoms in total. The molecule has 0 spiro atoms. The molecule has 0 saturated carbocycles. The topological polar surface area (TPSA) is 69.6 Å². The Kier molecular flexibility index (Phi) is 5.26. The van der Waals surface area contributed by atoms with Crippen LogP contribution >= 0.6 is 0 Å². The summed E-state index contributed by atoms with van der Waals surface area (Å²) >= 11 is 0. The summed E-state index contributed by atoms with van der Waals surface area (Å²) in [4.78, 5) is 14.7. The van der Waals surface area contributed by atoms with Crippen LogP contribution in [0.15, 0.2) is 36.9 Å². The normalized spacial score (nSPS) is 24.7. The van der Waals surface area contributed by atoms with E-state index in [4.69, 9.17) is 14.2 Å². The molecule has 138 valence electrons. The molecule has 0 N–H and O–H groups in total. The number of rotatable bonds is 7. The van der Waals surface area contributed by atoms with Gasteiger partial charge in [0, 0.05) is 44.1 Å². The maximum absolute atomic E-state index is 6.03. The van der Waals surface area contributed by atoms with E-state index < -0.39 is 0 Å². The molecule has 7 heteroatoms. The quantitative estimate of drug-likeness (QED) is 0.702. The zero-order chi connectivity index (χ0) is 17.8. The van der Waals surface area contributed by atoms with Crippen LogP contribution in [0.3, 0.4) is 0 Å². The Morgan fingerprint density at radius 1 is 1.23 bits per heavy atom. The maximum Gasteiger partial charge on any atom is 0.218 e. The van der Waals surface area contributed by atoms with E-state index in [1.165, 1.54) is 0 Å². The predicted molar refractivity (Wildman–Crippen MR) is 96.0 cm³/mol. The van der Waals surface area contributed by atoms with E-state index in [0.717, 1.165) is 44.1 Å². The van der Waals surface area contributed by atoms with Crippen LogP contribution in [-0.2, 0) is 16.1 Å². The van der Waals surface area contributed by atoms with Crippen molar-refractivity contribution >= 4 is 5.82 Å². The van der Waals surface area contributed by atoms with E-state index in [9.17, 15) is 0 Å². The van der Waals surface area contributed by atoms with Gasteiger partial charge in [0.05, 0.1) is 26.4 Å². The molecule has 3 atom stereocenters. The van der Waals surface area contributed by atoms with Crippen LogP contribution in [0.2, 0.25) is 0 Å². The van der Waals surface area contributed by atoms with Crippen LogP contribution in [-0.4, -0.2) is 54.5 Å². The van der Waals surface area contributed by atoms with Crippen molar-refractivity contribution in [3.05, 3.63) is 42.5 Å². The van der Waals surface area contributed by atoms with Crippen molar-refractivity contribution in [1.29, 1.82) is 0 Å². The molecule has 0 bridgehead atoms. The van der Waals surface area contributed by atoms with Crippen molar-refractivity contribution in [3.63, 3.8) is 0 Å².